The van der Waals surface area contributed by atoms with Gasteiger partial charge < -0.3 is 9.16 Å². The summed E-state index contributed by atoms with van der Waals surface area (Å²) in [5.41, 5.74) is 0. The molecule has 0 saturated carbocycles. The molecule has 4 nitrogen and oxygen atoms in total. The molecule has 2 rings (SSSR count). The first-order valence-corrected chi connectivity index (χ1v) is 11.0. The van der Waals surface area contributed by atoms with Crippen LogP contribution in [0, 0.1) is 5.92 Å². The van der Waals surface area contributed by atoms with Gasteiger partial charge in [0.2, 0.25) is 0 Å². The first-order valence-electron chi connectivity index (χ1n) is 8.06. The number of fused-ring (bicyclic) bond motifs is 2. The monoisotopic (exact) mass is 313 g/mol. The van der Waals surface area contributed by atoms with Crippen molar-refractivity contribution < 1.29 is 14.0 Å². The molecule has 2 bridgehead atoms. The van der Waals surface area contributed by atoms with Gasteiger partial charge in [0.1, 0.15) is 0 Å². The van der Waals surface area contributed by atoms with Crippen LogP contribution in [0.5, 0.6) is 0 Å². The zero-order valence-corrected chi connectivity index (χ0v) is 15.6. The zero-order valence-electron chi connectivity index (χ0n) is 14.6. The van der Waals surface area contributed by atoms with E-state index in [9.17, 15) is 4.79 Å². The number of carbonyl (C=O) groups excluding carboxylic acids is 1. The highest BCUT2D eigenvalue weighted by atomic mass is 28.4. The molecule has 2 unspecified atom stereocenters. The van der Waals surface area contributed by atoms with Crippen molar-refractivity contribution in [3.63, 3.8) is 0 Å². The Morgan fingerprint density at radius 3 is 2.38 bits per heavy atom. The van der Waals surface area contributed by atoms with Gasteiger partial charge in [-0.2, -0.15) is 0 Å². The Kier molecular flexibility index (Phi) is 4.58. The fraction of sp³-hybridized carbons (Fsp3) is 0.938. The van der Waals surface area contributed by atoms with Crippen LogP contribution in [0.4, 0.5) is 0 Å². The topological polar surface area (TPSA) is 38.8 Å². The van der Waals surface area contributed by atoms with Crippen molar-refractivity contribution in [1.82, 2.24) is 4.90 Å². The van der Waals surface area contributed by atoms with E-state index in [0.717, 1.165) is 12.8 Å². The van der Waals surface area contributed by atoms with Crippen LogP contribution in [-0.4, -0.2) is 51.5 Å². The molecule has 0 aromatic carbocycles. The number of piperidine rings is 1. The van der Waals surface area contributed by atoms with Crippen molar-refractivity contribution in [1.29, 1.82) is 0 Å². The minimum Gasteiger partial charge on any atom is -0.469 e. The van der Waals surface area contributed by atoms with Gasteiger partial charge in [-0.3, -0.25) is 9.69 Å². The Bertz CT molecular complexity index is 405. The average molecular weight is 314 g/mol. The molecule has 2 fully saturated rings. The number of ether oxygens (including phenoxy) is 1. The number of esters is 1. The summed E-state index contributed by atoms with van der Waals surface area (Å²) in [5, 5.41) is 0.163. The second kappa shape index (κ2) is 5.67. The number of carbonyl (C=O) groups is 1. The molecule has 0 aromatic heterocycles. The van der Waals surface area contributed by atoms with E-state index in [1.807, 2.05) is 0 Å². The molecular formula is C16H31NO3Si. The molecule has 122 valence electrons. The van der Waals surface area contributed by atoms with Gasteiger partial charge in [0.05, 0.1) is 19.1 Å². The van der Waals surface area contributed by atoms with Crippen LogP contribution in [0.2, 0.25) is 18.1 Å². The lowest BCUT2D eigenvalue weighted by molar-refractivity contribution is -0.155. The lowest BCUT2D eigenvalue weighted by atomic mass is 9.88. The van der Waals surface area contributed by atoms with E-state index >= 15 is 0 Å². The van der Waals surface area contributed by atoms with Gasteiger partial charge in [-0.1, -0.05) is 20.8 Å². The summed E-state index contributed by atoms with van der Waals surface area (Å²) in [5.74, 6) is -0.233. The SMILES string of the molecule is COC(=O)[C@@H]1C2CCC(C[C@@H]1O[Si](C)(C)C(C)(C)C)N2C. The molecule has 4 atom stereocenters. The molecule has 0 N–H and O–H groups in total. The van der Waals surface area contributed by atoms with E-state index in [0.29, 0.717) is 6.04 Å². The number of hydrogen-bond acceptors (Lipinski definition) is 4. The number of nitrogens with zero attached hydrogens (tertiary/aromatic N) is 1. The molecule has 21 heavy (non-hydrogen) atoms. The summed E-state index contributed by atoms with van der Waals surface area (Å²) in [6.45, 7) is 11.3. The maximum absolute atomic E-state index is 12.3. The number of rotatable bonds is 3. The molecule has 2 aliphatic heterocycles. The summed E-state index contributed by atoms with van der Waals surface area (Å²) in [7, 11) is 1.76. The van der Waals surface area contributed by atoms with Crippen molar-refractivity contribution in [3.05, 3.63) is 0 Å². The second-order valence-corrected chi connectivity index (χ2v) is 12.9. The van der Waals surface area contributed by atoms with Gasteiger partial charge in [-0.25, -0.2) is 0 Å². The van der Waals surface area contributed by atoms with Crippen molar-refractivity contribution in [2.45, 2.75) is 76.4 Å². The highest BCUT2D eigenvalue weighted by Gasteiger charge is 2.52. The third kappa shape index (κ3) is 3.05. The van der Waals surface area contributed by atoms with Gasteiger partial charge in [0, 0.05) is 12.1 Å². The zero-order chi connectivity index (χ0) is 16.0. The normalized spacial score (nSPS) is 34.0. The molecule has 2 saturated heterocycles. The van der Waals surface area contributed by atoms with E-state index in [1.165, 1.54) is 13.5 Å². The molecule has 0 aliphatic carbocycles. The molecule has 0 aromatic rings. The molecule has 2 heterocycles. The van der Waals surface area contributed by atoms with Gasteiger partial charge in [-0.15, -0.1) is 0 Å². The lowest BCUT2D eigenvalue weighted by Gasteiger charge is -2.46. The molecule has 0 radical (unpaired) electrons. The van der Waals surface area contributed by atoms with Crippen molar-refractivity contribution in [2.75, 3.05) is 14.2 Å². The van der Waals surface area contributed by atoms with Crippen molar-refractivity contribution in [2.24, 2.45) is 5.92 Å². The Morgan fingerprint density at radius 2 is 1.86 bits per heavy atom. The van der Waals surface area contributed by atoms with E-state index < -0.39 is 8.32 Å². The Morgan fingerprint density at radius 1 is 1.24 bits per heavy atom. The molecule has 2 aliphatic rings. The van der Waals surface area contributed by atoms with Crippen molar-refractivity contribution >= 4 is 14.3 Å². The van der Waals surface area contributed by atoms with Crippen LogP contribution in [0.1, 0.15) is 40.0 Å². The fourth-order valence-electron chi connectivity index (χ4n) is 3.54. The Balaban J connectivity index is 2.23. The second-order valence-electron chi connectivity index (χ2n) is 8.17. The largest absolute Gasteiger partial charge is 0.469 e. The van der Waals surface area contributed by atoms with Gasteiger partial charge in [0.25, 0.3) is 0 Å². The van der Waals surface area contributed by atoms with E-state index in [1.54, 1.807) is 0 Å². The molecular weight excluding hydrogens is 282 g/mol. The quantitative estimate of drug-likeness (QED) is 0.593. The fourth-order valence-corrected chi connectivity index (χ4v) is 4.90. The highest BCUT2D eigenvalue weighted by Crippen LogP contribution is 2.44. The van der Waals surface area contributed by atoms with E-state index in [-0.39, 0.29) is 29.1 Å². The summed E-state index contributed by atoms with van der Waals surface area (Å²) in [4.78, 5) is 14.7. The van der Waals surface area contributed by atoms with E-state index in [4.69, 9.17) is 9.16 Å². The van der Waals surface area contributed by atoms with Crippen LogP contribution >= 0.6 is 0 Å². The molecule has 5 heteroatoms. The van der Waals surface area contributed by atoms with Crippen LogP contribution < -0.4 is 0 Å². The molecule has 0 amide bonds. The Hall–Kier alpha value is -0.393. The maximum atomic E-state index is 12.3. The smallest absolute Gasteiger partial charge is 0.312 e. The first kappa shape index (κ1) is 17.0. The van der Waals surface area contributed by atoms with Gasteiger partial charge in [-0.05, 0) is 44.4 Å². The summed E-state index contributed by atoms with van der Waals surface area (Å²) >= 11 is 0. The van der Waals surface area contributed by atoms with E-state index in [2.05, 4.69) is 45.8 Å². The van der Waals surface area contributed by atoms with Gasteiger partial charge in [0.15, 0.2) is 8.32 Å². The maximum Gasteiger partial charge on any atom is 0.312 e. The summed E-state index contributed by atoms with van der Waals surface area (Å²) in [6, 6.07) is 0.844. The van der Waals surface area contributed by atoms with Crippen LogP contribution in [0.25, 0.3) is 0 Å². The van der Waals surface area contributed by atoms with Crippen molar-refractivity contribution in [3.8, 4) is 0 Å². The minimum atomic E-state index is -1.87. The highest BCUT2D eigenvalue weighted by molar-refractivity contribution is 6.74. The number of hydrogen-bond donors (Lipinski definition) is 0. The van der Waals surface area contributed by atoms with Gasteiger partial charge >= 0.3 is 5.97 Å². The summed E-state index contributed by atoms with van der Waals surface area (Å²) < 4.78 is 11.7. The molecule has 0 spiro atoms. The third-order valence-electron chi connectivity index (χ3n) is 5.94. The standard InChI is InChI=1S/C16H31NO3Si/c1-16(2,3)21(6,7)20-13-10-11-8-9-12(17(11)4)14(13)15(18)19-5/h11-14H,8-10H2,1-7H3/t11?,12?,13-,14+/m0/s1. The Labute approximate surface area is 130 Å². The van der Waals surface area contributed by atoms with Crippen LogP contribution in [-0.2, 0) is 14.0 Å². The number of methoxy groups -OCH3 is 1. The first-order chi connectivity index (χ1) is 9.58. The minimum absolute atomic E-state index is 0.0204. The summed E-state index contributed by atoms with van der Waals surface area (Å²) in [6.07, 6.45) is 3.23. The van der Waals surface area contributed by atoms with Crippen LogP contribution in [0.15, 0.2) is 0 Å². The lowest BCUT2D eigenvalue weighted by Crippen LogP contribution is -2.56. The third-order valence-corrected chi connectivity index (χ3v) is 10.4. The predicted molar refractivity (Wildman–Crippen MR) is 86.8 cm³/mol. The predicted octanol–water partition coefficient (Wildman–Crippen LogP) is 3.03. The average Bonchev–Trinajstić information content (AvgIpc) is 2.60. The van der Waals surface area contributed by atoms with Crippen LogP contribution in [0.3, 0.4) is 0 Å².